The molecule has 0 bridgehead atoms. The van der Waals surface area contributed by atoms with Gasteiger partial charge in [-0.1, -0.05) is 0 Å². The van der Waals surface area contributed by atoms with Gasteiger partial charge in [-0.3, -0.25) is 14.5 Å². The third-order valence-corrected chi connectivity index (χ3v) is 5.73. The Bertz CT molecular complexity index is 1180. The fourth-order valence-corrected chi connectivity index (χ4v) is 4.02. The Labute approximate surface area is 165 Å². The zero-order valence-corrected chi connectivity index (χ0v) is 15.9. The van der Waals surface area contributed by atoms with E-state index in [2.05, 4.69) is 20.4 Å². The van der Waals surface area contributed by atoms with Gasteiger partial charge in [-0.25, -0.2) is 4.79 Å². The summed E-state index contributed by atoms with van der Waals surface area (Å²) < 4.78 is 11.8. The Morgan fingerprint density at radius 2 is 1.90 bits per heavy atom. The molecule has 1 aliphatic carbocycles. The molecule has 2 aliphatic rings. The van der Waals surface area contributed by atoms with Crippen LogP contribution >= 0.6 is 0 Å². The van der Waals surface area contributed by atoms with Crippen LogP contribution in [0, 0.1) is 0 Å². The van der Waals surface area contributed by atoms with Gasteiger partial charge in [0.25, 0.3) is 0 Å². The van der Waals surface area contributed by atoms with Crippen molar-refractivity contribution in [1.82, 2.24) is 9.47 Å². The smallest absolute Gasteiger partial charge is 0.399 e. The Morgan fingerprint density at radius 3 is 2.55 bits per heavy atom. The van der Waals surface area contributed by atoms with E-state index in [1.54, 1.807) is 6.20 Å². The van der Waals surface area contributed by atoms with Crippen LogP contribution in [0.4, 0.5) is 5.69 Å². The van der Waals surface area contributed by atoms with E-state index < -0.39 is 5.82 Å². The summed E-state index contributed by atoms with van der Waals surface area (Å²) in [6.07, 6.45) is 5.86. The number of carbonyl (C=O) groups excluding carboxylic acids is 1. The van der Waals surface area contributed by atoms with E-state index in [4.69, 9.17) is 8.83 Å². The largest absolute Gasteiger partial charge is 0.518 e. The lowest BCUT2D eigenvalue weighted by Gasteiger charge is -2.35. The molecule has 29 heavy (non-hydrogen) atoms. The Hall–Kier alpha value is -3.13. The highest BCUT2D eigenvalue weighted by Gasteiger charge is 2.26. The molecular formula is C21H21N3O5. The summed E-state index contributed by atoms with van der Waals surface area (Å²) >= 11 is 0. The lowest BCUT2D eigenvalue weighted by molar-refractivity contribution is 0.112. The highest BCUT2D eigenvalue weighted by Crippen LogP contribution is 2.37. The molecule has 1 aromatic carbocycles. The van der Waals surface area contributed by atoms with Gasteiger partial charge in [-0.05, 0) is 31.0 Å². The molecular weight excluding hydrogens is 374 g/mol. The highest BCUT2D eigenvalue weighted by molar-refractivity contribution is 5.88. The molecule has 1 saturated carbocycles. The quantitative estimate of drug-likeness (QED) is 0.611. The van der Waals surface area contributed by atoms with Crippen LogP contribution < -0.4 is 16.2 Å². The van der Waals surface area contributed by atoms with Crippen molar-refractivity contribution in [2.45, 2.75) is 25.4 Å². The maximum Gasteiger partial charge on any atom is 0.518 e. The summed E-state index contributed by atoms with van der Waals surface area (Å²) in [5, 5.41) is 0.596. The Morgan fingerprint density at radius 1 is 1.10 bits per heavy atom. The molecule has 3 aromatic rings. The van der Waals surface area contributed by atoms with E-state index in [9.17, 15) is 14.4 Å². The monoisotopic (exact) mass is 395 g/mol. The standard InChI is InChI=1S/C21H21N3O5/c25-12-14-10-24(15-1-2-15)19-9-16(3-4-18(19)20(14)26)23-7-5-22(6-8-23)11-17-13-28-21(27)29-17/h3-4,9-10,12-13,15H,1-2,5-8,11H2. The molecule has 5 rings (SSSR count). The van der Waals surface area contributed by atoms with Crippen molar-refractivity contribution in [1.29, 1.82) is 0 Å². The van der Waals surface area contributed by atoms with Crippen molar-refractivity contribution in [3.63, 3.8) is 0 Å². The van der Waals surface area contributed by atoms with Gasteiger partial charge >= 0.3 is 5.82 Å². The topological polar surface area (TPSA) is 88.9 Å². The maximum absolute atomic E-state index is 12.6. The molecule has 0 amide bonds. The number of nitrogens with zero attached hydrogens (tertiary/aromatic N) is 3. The zero-order chi connectivity index (χ0) is 20.0. The Kier molecular flexibility index (Phi) is 4.35. The lowest BCUT2D eigenvalue weighted by atomic mass is 10.1. The normalized spacial score (nSPS) is 17.7. The number of hydrogen-bond donors (Lipinski definition) is 0. The van der Waals surface area contributed by atoms with Crippen LogP contribution in [0.2, 0.25) is 0 Å². The first-order chi connectivity index (χ1) is 14.1. The summed E-state index contributed by atoms with van der Waals surface area (Å²) in [5.41, 5.74) is 1.98. The van der Waals surface area contributed by atoms with Crippen LogP contribution in [-0.2, 0) is 6.54 Å². The van der Waals surface area contributed by atoms with Crippen LogP contribution in [0.3, 0.4) is 0 Å². The molecule has 1 saturated heterocycles. The average molecular weight is 395 g/mol. The number of aldehydes is 1. The van der Waals surface area contributed by atoms with Crippen molar-refractivity contribution in [3.05, 3.63) is 62.8 Å². The highest BCUT2D eigenvalue weighted by atomic mass is 16.6. The summed E-state index contributed by atoms with van der Waals surface area (Å²) in [7, 11) is 0. The van der Waals surface area contributed by atoms with Crippen molar-refractivity contribution in [2.24, 2.45) is 0 Å². The van der Waals surface area contributed by atoms with E-state index in [1.807, 2.05) is 12.1 Å². The second-order valence-corrected chi connectivity index (χ2v) is 7.69. The first-order valence-corrected chi connectivity index (χ1v) is 9.81. The fourth-order valence-electron chi connectivity index (χ4n) is 4.02. The number of anilines is 1. The molecule has 0 N–H and O–H groups in total. The number of hydrogen-bond acceptors (Lipinski definition) is 7. The zero-order valence-electron chi connectivity index (χ0n) is 15.9. The molecule has 0 atom stereocenters. The van der Waals surface area contributed by atoms with Gasteiger partial charge in [0.1, 0.15) is 6.26 Å². The number of fused-ring (bicyclic) bond motifs is 1. The summed E-state index contributed by atoms with van der Waals surface area (Å²) in [6, 6.07) is 6.23. The molecule has 0 radical (unpaired) electrons. The second kappa shape index (κ2) is 7.04. The maximum atomic E-state index is 12.6. The van der Waals surface area contributed by atoms with Crippen LogP contribution in [0.15, 0.2) is 49.1 Å². The van der Waals surface area contributed by atoms with Crippen molar-refractivity contribution >= 4 is 22.9 Å². The molecule has 1 aliphatic heterocycles. The predicted molar refractivity (Wildman–Crippen MR) is 107 cm³/mol. The minimum absolute atomic E-state index is 0.204. The summed E-state index contributed by atoms with van der Waals surface area (Å²) in [4.78, 5) is 39.4. The van der Waals surface area contributed by atoms with Gasteiger partial charge in [0, 0.05) is 49.5 Å². The van der Waals surface area contributed by atoms with E-state index in [1.165, 1.54) is 6.26 Å². The molecule has 0 spiro atoms. The van der Waals surface area contributed by atoms with Gasteiger partial charge in [-0.15, -0.1) is 0 Å². The van der Waals surface area contributed by atoms with Gasteiger partial charge < -0.3 is 18.3 Å². The minimum Gasteiger partial charge on any atom is -0.399 e. The van der Waals surface area contributed by atoms with Crippen LogP contribution in [0.5, 0.6) is 0 Å². The van der Waals surface area contributed by atoms with E-state index in [-0.39, 0.29) is 11.0 Å². The first-order valence-electron chi connectivity index (χ1n) is 9.81. The van der Waals surface area contributed by atoms with Crippen LogP contribution in [-0.4, -0.2) is 41.9 Å². The van der Waals surface area contributed by atoms with Crippen molar-refractivity contribution in [2.75, 3.05) is 31.1 Å². The minimum atomic E-state index is -0.672. The SMILES string of the molecule is O=Cc1cn(C2CC2)c2cc(N3CCN(Cc4coc(=O)o4)CC3)ccc2c1=O. The molecule has 8 nitrogen and oxygen atoms in total. The van der Waals surface area contributed by atoms with Gasteiger partial charge in [0.15, 0.2) is 17.5 Å². The summed E-state index contributed by atoms with van der Waals surface area (Å²) in [6.45, 7) is 3.85. The fraction of sp³-hybridized carbons (Fsp3) is 0.381. The van der Waals surface area contributed by atoms with Crippen LogP contribution in [0.1, 0.15) is 35.0 Å². The van der Waals surface area contributed by atoms with Gasteiger partial charge in [0.2, 0.25) is 0 Å². The molecule has 2 fully saturated rings. The van der Waals surface area contributed by atoms with E-state index in [0.29, 0.717) is 30.0 Å². The molecule has 8 heteroatoms. The van der Waals surface area contributed by atoms with E-state index >= 15 is 0 Å². The lowest BCUT2D eigenvalue weighted by Crippen LogP contribution is -2.45. The average Bonchev–Trinajstić information content (AvgIpc) is 3.50. The number of benzene rings is 1. The molecule has 150 valence electrons. The number of piperazine rings is 1. The summed E-state index contributed by atoms with van der Waals surface area (Å²) in [5.74, 6) is -0.136. The van der Waals surface area contributed by atoms with Crippen LogP contribution in [0.25, 0.3) is 10.9 Å². The second-order valence-electron chi connectivity index (χ2n) is 7.69. The number of aromatic nitrogens is 1. The number of carbonyl (C=O) groups is 1. The molecule has 3 heterocycles. The van der Waals surface area contributed by atoms with Gasteiger partial charge in [-0.2, -0.15) is 0 Å². The third kappa shape index (κ3) is 3.40. The van der Waals surface area contributed by atoms with Crippen molar-refractivity contribution < 1.29 is 13.6 Å². The molecule has 2 aromatic heterocycles. The molecule has 0 unspecified atom stereocenters. The van der Waals surface area contributed by atoms with E-state index in [0.717, 1.165) is 50.2 Å². The first kappa shape index (κ1) is 17.9. The number of pyridine rings is 1. The predicted octanol–water partition coefficient (Wildman–Crippen LogP) is 2.02. The van der Waals surface area contributed by atoms with Crippen molar-refractivity contribution in [3.8, 4) is 0 Å². The third-order valence-electron chi connectivity index (χ3n) is 5.73. The number of rotatable bonds is 5. The Balaban J connectivity index is 1.38. The van der Waals surface area contributed by atoms with Gasteiger partial charge in [0.05, 0.1) is 17.6 Å².